The summed E-state index contributed by atoms with van der Waals surface area (Å²) in [4.78, 5) is 22.4. The minimum Gasteiger partial charge on any atom is -0.478 e. The molecule has 0 unspecified atom stereocenters. The van der Waals surface area contributed by atoms with Crippen LogP contribution in [0, 0.1) is 0 Å². The minimum absolute atomic E-state index is 0.0619. The number of rotatable bonds is 2. The maximum atomic E-state index is 11.4. The molecular weight excluding hydrogens is 204 g/mol. The van der Waals surface area contributed by atoms with Crippen LogP contribution in [0.2, 0.25) is 0 Å². The molecule has 0 atom stereocenters. The van der Waals surface area contributed by atoms with E-state index in [4.69, 9.17) is 5.11 Å². The number of hydrogen-bond donors (Lipinski definition) is 1. The summed E-state index contributed by atoms with van der Waals surface area (Å²) in [6, 6.07) is 10.1. The molecule has 0 aliphatic heterocycles. The Morgan fingerprint density at radius 2 is 1.44 bits per heavy atom. The normalized spacial score (nSPS) is 10.3. The first kappa shape index (κ1) is 10.4. The number of carboxylic acids is 1. The highest BCUT2D eigenvalue weighted by molar-refractivity contribution is 6.12. The molecule has 0 spiro atoms. The van der Waals surface area contributed by atoms with E-state index in [1.807, 2.05) is 0 Å². The monoisotopic (exact) mass is 214 g/mol. The average molecular weight is 214 g/mol. The zero-order valence-corrected chi connectivity index (χ0v) is 8.73. The fourth-order valence-corrected chi connectivity index (χ4v) is 1.80. The number of aromatic carboxylic acids is 1. The predicted octanol–water partition coefficient (Wildman–Crippen LogP) is 2.74. The molecular formula is C13H10O3. The van der Waals surface area contributed by atoms with Crippen molar-refractivity contribution >= 4 is 22.5 Å². The standard InChI is InChI=1S/C13H10O3/c1-8(14)9-4-2-6-11-10(9)5-3-7-12(11)13(15)16/h2-7H,1H3,(H,15,16). The van der Waals surface area contributed by atoms with Crippen LogP contribution in [0.3, 0.4) is 0 Å². The van der Waals surface area contributed by atoms with Crippen molar-refractivity contribution in [3.63, 3.8) is 0 Å². The Hall–Kier alpha value is -2.16. The van der Waals surface area contributed by atoms with Crippen LogP contribution in [0.5, 0.6) is 0 Å². The van der Waals surface area contributed by atoms with Crippen molar-refractivity contribution in [1.29, 1.82) is 0 Å². The Labute approximate surface area is 92.3 Å². The van der Waals surface area contributed by atoms with Gasteiger partial charge in [-0.25, -0.2) is 4.79 Å². The fraction of sp³-hybridized carbons (Fsp3) is 0.0769. The molecule has 3 heteroatoms. The minimum atomic E-state index is -0.980. The third kappa shape index (κ3) is 1.56. The molecule has 0 fully saturated rings. The molecule has 0 heterocycles. The second kappa shape index (κ2) is 3.77. The van der Waals surface area contributed by atoms with Gasteiger partial charge in [0, 0.05) is 5.56 Å². The maximum Gasteiger partial charge on any atom is 0.336 e. The number of hydrogen-bond acceptors (Lipinski definition) is 2. The summed E-state index contributed by atoms with van der Waals surface area (Å²) >= 11 is 0. The lowest BCUT2D eigenvalue weighted by Gasteiger charge is -2.05. The number of Topliss-reactive ketones (excluding diaryl/α,β-unsaturated/α-hetero) is 1. The Bertz CT molecular complexity index is 531. The van der Waals surface area contributed by atoms with E-state index in [-0.39, 0.29) is 11.3 Å². The molecule has 0 bridgehead atoms. The number of fused-ring (bicyclic) bond motifs is 1. The summed E-state index contributed by atoms with van der Waals surface area (Å²) in [6.07, 6.45) is 0. The third-order valence-electron chi connectivity index (χ3n) is 2.53. The van der Waals surface area contributed by atoms with Gasteiger partial charge in [-0.3, -0.25) is 4.79 Å². The highest BCUT2D eigenvalue weighted by Crippen LogP contribution is 2.22. The molecule has 0 saturated carbocycles. The van der Waals surface area contributed by atoms with Gasteiger partial charge in [-0.15, -0.1) is 0 Å². The number of carbonyl (C=O) groups is 2. The molecule has 0 saturated heterocycles. The molecule has 16 heavy (non-hydrogen) atoms. The second-order valence-corrected chi connectivity index (χ2v) is 3.57. The number of benzene rings is 2. The summed E-state index contributed by atoms with van der Waals surface area (Å²) in [6.45, 7) is 1.47. The van der Waals surface area contributed by atoms with Crippen molar-refractivity contribution in [2.24, 2.45) is 0 Å². The molecule has 0 aliphatic carbocycles. The molecule has 80 valence electrons. The lowest BCUT2D eigenvalue weighted by Crippen LogP contribution is -1.99. The van der Waals surface area contributed by atoms with Crippen LogP contribution in [0.25, 0.3) is 10.8 Å². The van der Waals surface area contributed by atoms with E-state index in [9.17, 15) is 9.59 Å². The number of carboxylic acid groups (broad SMARTS) is 1. The molecule has 2 aromatic rings. The fourth-order valence-electron chi connectivity index (χ4n) is 1.80. The van der Waals surface area contributed by atoms with Crippen LogP contribution < -0.4 is 0 Å². The van der Waals surface area contributed by atoms with E-state index >= 15 is 0 Å². The quantitative estimate of drug-likeness (QED) is 0.782. The van der Waals surface area contributed by atoms with Crippen LogP contribution in [-0.4, -0.2) is 16.9 Å². The van der Waals surface area contributed by atoms with Gasteiger partial charge in [-0.1, -0.05) is 30.3 Å². The van der Waals surface area contributed by atoms with Crippen LogP contribution in [0.1, 0.15) is 27.6 Å². The van der Waals surface area contributed by atoms with Crippen molar-refractivity contribution in [3.8, 4) is 0 Å². The van der Waals surface area contributed by atoms with Crippen molar-refractivity contribution in [2.45, 2.75) is 6.92 Å². The SMILES string of the molecule is CC(=O)c1cccc2c(C(=O)O)cccc12. The summed E-state index contributed by atoms with van der Waals surface area (Å²) in [5.41, 5.74) is 0.779. The van der Waals surface area contributed by atoms with Crippen molar-refractivity contribution in [3.05, 3.63) is 47.5 Å². The predicted molar refractivity (Wildman–Crippen MR) is 60.9 cm³/mol. The Morgan fingerprint density at radius 3 is 1.94 bits per heavy atom. The smallest absolute Gasteiger partial charge is 0.336 e. The van der Waals surface area contributed by atoms with E-state index in [1.54, 1.807) is 30.3 Å². The highest BCUT2D eigenvalue weighted by atomic mass is 16.4. The summed E-state index contributed by atoms with van der Waals surface area (Å²) in [7, 11) is 0. The van der Waals surface area contributed by atoms with Crippen molar-refractivity contribution < 1.29 is 14.7 Å². The Balaban J connectivity index is 2.86. The first-order chi connectivity index (χ1) is 7.61. The first-order valence-corrected chi connectivity index (χ1v) is 4.87. The van der Waals surface area contributed by atoms with Crippen LogP contribution in [-0.2, 0) is 0 Å². The van der Waals surface area contributed by atoms with Crippen LogP contribution >= 0.6 is 0 Å². The molecule has 0 amide bonds. The van der Waals surface area contributed by atoms with E-state index in [1.165, 1.54) is 13.0 Å². The van der Waals surface area contributed by atoms with Crippen molar-refractivity contribution in [2.75, 3.05) is 0 Å². The second-order valence-electron chi connectivity index (χ2n) is 3.57. The van der Waals surface area contributed by atoms with E-state index in [2.05, 4.69) is 0 Å². The number of ketones is 1. The zero-order chi connectivity index (χ0) is 11.7. The largest absolute Gasteiger partial charge is 0.478 e. The van der Waals surface area contributed by atoms with Crippen LogP contribution in [0.4, 0.5) is 0 Å². The van der Waals surface area contributed by atoms with Crippen LogP contribution in [0.15, 0.2) is 36.4 Å². The van der Waals surface area contributed by atoms with Gasteiger partial charge in [-0.2, -0.15) is 0 Å². The molecule has 2 rings (SSSR count). The van der Waals surface area contributed by atoms with Gasteiger partial charge in [-0.05, 0) is 23.8 Å². The van der Waals surface area contributed by atoms with Gasteiger partial charge in [0.1, 0.15) is 0 Å². The van der Waals surface area contributed by atoms with Gasteiger partial charge in [0.15, 0.2) is 5.78 Å². The van der Waals surface area contributed by atoms with E-state index < -0.39 is 5.97 Å². The summed E-state index contributed by atoms with van der Waals surface area (Å²) in [5, 5.41) is 10.3. The topological polar surface area (TPSA) is 54.4 Å². The molecule has 0 radical (unpaired) electrons. The Kier molecular flexibility index (Phi) is 2.44. The first-order valence-electron chi connectivity index (χ1n) is 4.87. The summed E-state index contributed by atoms with van der Waals surface area (Å²) < 4.78 is 0. The van der Waals surface area contributed by atoms with Gasteiger partial charge in [0.2, 0.25) is 0 Å². The van der Waals surface area contributed by atoms with E-state index in [0.29, 0.717) is 16.3 Å². The number of carbonyl (C=O) groups excluding carboxylic acids is 1. The Morgan fingerprint density at radius 1 is 0.938 bits per heavy atom. The highest BCUT2D eigenvalue weighted by Gasteiger charge is 2.11. The molecule has 1 N–H and O–H groups in total. The molecule has 0 aromatic heterocycles. The molecule has 3 nitrogen and oxygen atoms in total. The van der Waals surface area contributed by atoms with Gasteiger partial charge >= 0.3 is 5.97 Å². The van der Waals surface area contributed by atoms with Gasteiger partial charge < -0.3 is 5.11 Å². The van der Waals surface area contributed by atoms with Gasteiger partial charge in [0.05, 0.1) is 5.56 Å². The average Bonchev–Trinajstić information content (AvgIpc) is 2.27. The van der Waals surface area contributed by atoms with E-state index in [0.717, 1.165) is 0 Å². The lowest BCUT2D eigenvalue weighted by atomic mass is 9.98. The van der Waals surface area contributed by atoms with Gasteiger partial charge in [0.25, 0.3) is 0 Å². The molecule has 0 aliphatic rings. The maximum absolute atomic E-state index is 11.4. The van der Waals surface area contributed by atoms with Crippen molar-refractivity contribution in [1.82, 2.24) is 0 Å². The zero-order valence-electron chi connectivity index (χ0n) is 8.73. The third-order valence-corrected chi connectivity index (χ3v) is 2.53. The summed E-state index contributed by atoms with van der Waals surface area (Å²) in [5.74, 6) is -1.04. The molecule has 2 aromatic carbocycles. The lowest BCUT2D eigenvalue weighted by molar-refractivity contribution is 0.0698.